The van der Waals surface area contributed by atoms with E-state index in [-0.39, 0.29) is 5.91 Å². The Morgan fingerprint density at radius 2 is 2.18 bits per heavy atom. The highest BCUT2D eigenvalue weighted by Crippen LogP contribution is 1.96. The lowest BCUT2D eigenvalue weighted by molar-refractivity contribution is -0.120. The highest BCUT2D eigenvalue weighted by Gasteiger charge is 2.01. The zero-order valence-corrected chi connectivity index (χ0v) is 7.61. The van der Waals surface area contributed by atoms with E-state index < -0.39 is 0 Å². The van der Waals surface area contributed by atoms with Crippen molar-refractivity contribution in [3.8, 4) is 0 Å². The second kappa shape index (κ2) is 6.16. The summed E-state index contributed by atoms with van der Waals surface area (Å²) in [5.41, 5.74) is 0. The topological polar surface area (TPSA) is 41.1 Å². The van der Waals surface area contributed by atoms with Crippen LogP contribution in [0.15, 0.2) is 0 Å². The molecule has 0 aromatic heterocycles. The summed E-state index contributed by atoms with van der Waals surface area (Å²) >= 11 is 0. The average Bonchev–Trinajstić information content (AvgIpc) is 2.01. The molecule has 0 aliphatic rings. The van der Waals surface area contributed by atoms with Crippen LogP contribution in [0.5, 0.6) is 0 Å². The number of carbonyl (C=O) groups excluding carboxylic acids is 1. The van der Waals surface area contributed by atoms with Gasteiger partial charge in [-0.15, -0.1) is 0 Å². The van der Waals surface area contributed by atoms with Gasteiger partial charge in [0.2, 0.25) is 5.91 Å². The molecule has 3 nitrogen and oxygen atoms in total. The number of likely N-dealkylation sites (N-methyl/N-ethyl adjacent to an activating group) is 1. The van der Waals surface area contributed by atoms with Gasteiger partial charge in [-0.25, -0.2) is 0 Å². The maximum Gasteiger partial charge on any atom is 0.233 e. The third-order valence-electron chi connectivity index (χ3n) is 1.68. The molecule has 11 heavy (non-hydrogen) atoms. The van der Waals surface area contributed by atoms with Crippen LogP contribution in [0.4, 0.5) is 0 Å². The van der Waals surface area contributed by atoms with Gasteiger partial charge in [-0.3, -0.25) is 4.79 Å². The lowest BCUT2D eigenvalue weighted by Crippen LogP contribution is -2.34. The predicted octanol–water partition coefficient (Wildman–Crippen LogP) is 0.368. The van der Waals surface area contributed by atoms with Gasteiger partial charge in [-0.1, -0.05) is 20.3 Å². The Labute approximate surface area is 68.6 Å². The molecule has 0 aromatic rings. The van der Waals surface area contributed by atoms with E-state index in [1.807, 2.05) is 0 Å². The van der Waals surface area contributed by atoms with Crippen molar-refractivity contribution in [2.24, 2.45) is 5.92 Å². The summed E-state index contributed by atoms with van der Waals surface area (Å²) in [5.74, 6) is 0.656. The molecule has 2 N–H and O–H groups in total. The van der Waals surface area contributed by atoms with Crippen molar-refractivity contribution in [1.82, 2.24) is 10.6 Å². The molecule has 1 atom stereocenters. The number of hydrogen-bond donors (Lipinski definition) is 2. The van der Waals surface area contributed by atoms with Gasteiger partial charge in [-0.05, 0) is 13.0 Å². The Balaban J connectivity index is 3.30. The van der Waals surface area contributed by atoms with Crippen molar-refractivity contribution < 1.29 is 4.79 Å². The maximum atomic E-state index is 10.9. The molecule has 0 unspecified atom stereocenters. The van der Waals surface area contributed by atoms with Crippen LogP contribution in [0.25, 0.3) is 0 Å². The van der Waals surface area contributed by atoms with Gasteiger partial charge < -0.3 is 10.6 Å². The first-order valence-corrected chi connectivity index (χ1v) is 4.12. The van der Waals surface area contributed by atoms with E-state index >= 15 is 0 Å². The van der Waals surface area contributed by atoms with Gasteiger partial charge in [0.25, 0.3) is 0 Å². The molecule has 66 valence electrons. The largest absolute Gasteiger partial charge is 0.355 e. The first-order valence-electron chi connectivity index (χ1n) is 4.12. The van der Waals surface area contributed by atoms with Gasteiger partial charge in [0.15, 0.2) is 0 Å². The van der Waals surface area contributed by atoms with Crippen LogP contribution in [-0.2, 0) is 4.79 Å². The minimum Gasteiger partial charge on any atom is -0.355 e. The Kier molecular flexibility index (Phi) is 5.84. The SMILES string of the molecule is CC[C@H](C)CNC(=O)CNC. The Morgan fingerprint density at radius 3 is 2.64 bits per heavy atom. The quantitative estimate of drug-likeness (QED) is 0.607. The number of amides is 1. The summed E-state index contributed by atoms with van der Waals surface area (Å²) in [5, 5.41) is 5.63. The minimum atomic E-state index is 0.0767. The minimum absolute atomic E-state index is 0.0767. The summed E-state index contributed by atoms with van der Waals surface area (Å²) in [6.45, 7) is 5.45. The molecule has 0 aliphatic heterocycles. The Bertz CT molecular complexity index is 115. The van der Waals surface area contributed by atoms with Crippen molar-refractivity contribution in [1.29, 1.82) is 0 Å². The molecular formula is C8H18N2O. The van der Waals surface area contributed by atoms with Gasteiger partial charge in [0.1, 0.15) is 0 Å². The summed E-state index contributed by atoms with van der Waals surface area (Å²) in [4.78, 5) is 10.9. The second-order valence-corrected chi connectivity index (χ2v) is 2.85. The molecule has 0 radical (unpaired) electrons. The molecule has 0 saturated carbocycles. The van der Waals surface area contributed by atoms with E-state index in [1.54, 1.807) is 7.05 Å². The van der Waals surface area contributed by atoms with E-state index in [1.165, 1.54) is 0 Å². The average molecular weight is 158 g/mol. The lowest BCUT2D eigenvalue weighted by atomic mass is 10.1. The number of rotatable bonds is 5. The zero-order valence-electron chi connectivity index (χ0n) is 7.61. The van der Waals surface area contributed by atoms with Crippen molar-refractivity contribution in [3.05, 3.63) is 0 Å². The van der Waals surface area contributed by atoms with Crippen molar-refractivity contribution >= 4 is 5.91 Å². The van der Waals surface area contributed by atoms with Crippen LogP contribution in [-0.4, -0.2) is 26.0 Å². The highest BCUT2D eigenvalue weighted by molar-refractivity contribution is 5.77. The van der Waals surface area contributed by atoms with E-state index in [2.05, 4.69) is 24.5 Å². The molecule has 0 spiro atoms. The van der Waals surface area contributed by atoms with Crippen LogP contribution in [0.2, 0.25) is 0 Å². The fraction of sp³-hybridized carbons (Fsp3) is 0.875. The fourth-order valence-corrected chi connectivity index (χ4v) is 0.655. The third kappa shape index (κ3) is 5.85. The standard InChI is InChI=1S/C8H18N2O/c1-4-7(2)5-10-8(11)6-9-3/h7,9H,4-6H2,1-3H3,(H,10,11)/t7-/m0/s1. The van der Waals surface area contributed by atoms with Crippen LogP contribution in [0.3, 0.4) is 0 Å². The Hall–Kier alpha value is -0.570. The van der Waals surface area contributed by atoms with Crippen molar-refractivity contribution in [2.75, 3.05) is 20.1 Å². The zero-order chi connectivity index (χ0) is 8.69. The smallest absolute Gasteiger partial charge is 0.233 e. The summed E-state index contributed by atoms with van der Waals surface area (Å²) in [7, 11) is 1.77. The molecule has 0 aliphatic carbocycles. The van der Waals surface area contributed by atoms with Crippen LogP contribution < -0.4 is 10.6 Å². The molecule has 0 rings (SSSR count). The van der Waals surface area contributed by atoms with Crippen LogP contribution >= 0.6 is 0 Å². The maximum absolute atomic E-state index is 10.9. The molecule has 0 saturated heterocycles. The van der Waals surface area contributed by atoms with Gasteiger partial charge in [0.05, 0.1) is 6.54 Å². The van der Waals surface area contributed by atoms with Crippen LogP contribution in [0.1, 0.15) is 20.3 Å². The molecule has 3 heteroatoms. The molecule has 0 aromatic carbocycles. The molecule has 0 bridgehead atoms. The predicted molar refractivity (Wildman–Crippen MR) is 46.4 cm³/mol. The highest BCUT2D eigenvalue weighted by atomic mass is 16.1. The van der Waals surface area contributed by atoms with Crippen LogP contribution in [0, 0.1) is 5.92 Å². The first-order chi connectivity index (χ1) is 5.20. The monoisotopic (exact) mass is 158 g/mol. The fourth-order valence-electron chi connectivity index (χ4n) is 0.655. The number of carbonyl (C=O) groups is 1. The van der Waals surface area contributed by atoms with Gasteiger partial charge >= 0.3 is 0 Å². The van der Waals surface area contributed by atoms with Gasteiger partial charge in [0, 0.05) is 6.54 Å². The van der Waals surface area contributed by atoms with Gasteiger partial charge in [-0.2, -0.15) is 0 Å². The summed E-state index contributed by atoms with van der Waals surface area (Å²) in [6.07, 6.45) is 1.11. The third-order valence-corrected chi connectivity index (χ3v) is 1.68. The summed E-state index contributed by atoms with van der Waals surface area (Å²) in [6, 6.07) is 0. The second-order valence-electron chi connectivity index (χ2n) is 2.85. The lowest BCUT2D eigenvalue weighted by Gasteiger charge is -2.09. The summed E-state index contributed by atoms with van der Waals surface area (Å²) < 4.78 is 0. The van der Waals surface area contributed by atoms with E-state index in [0.29, 0.717) is 12.5 Å². The molecule has 0 fully saturated rings. The Morgan fingerprint density at radius 1 is 1.55 bits per heavy atom. The molecule has 1 amide bonds. The number of hydrogen-bond acceptors (Lipinski definition) is 2. The van der Waals surface area contributed by atoms with Crippen molar-refractivity contribution in [2.45, 2.75) is 20.3 Å². The van der Waals surface area contributed by atoms with Crippen molar-refractivity contribution in [3.63, 3.8) is 0 Å². The number of nitrogens with one attached hydrogen (secondary N) is 2. The normalized spacial score (nSPS) is 12.6. The van der Waals surface area contributed by atoms with E-state index in [4.69, 9.17) is 0 Å². The van der Waals surface area contributed by atoms with E-state index in [9.17, 15) is 4.79 Å². The first kappa shape index (κ1) is 10.4. The molecular weight excluding hydrogens is 140 g/mol. The van der Waals surface area contributed by atoms with E-state index in [0.717, 1.165) is 13.0 Å². The molecule has 0 heterocycles.